The van der Waals surface area contributed by atoms with Crippen LogP contribution in [0.2, 0.25) is 0 Å². The fourth-order valence-corrected chi connectivity index (χ4v) is 2.99. The molecule has 1 saturated heterocycles. The van der Waals surface area contributed by atoms with E-state index in [0.29, 0.717) is 24.7 Å². The number of carboxylic acid groups (broad SMARTS) is 1. The summed E-state index contributed by atoms with van der Waals surface area (Å²) in [5, 5.41) is 12.1. The van der Waals surface area contributed by atoms with Crippen molar-refractivity contribution in [2.75, 3.05) is 19.6 Å². The van der Waals surface area contributed by atoms with E-state index in [2.05, 4.69) is 5.32 Å². The summed E-state index contributed by atoms with van der Waals surface area (Å²) in [7, 11) is 0. The second kappa shape index (κ2) is 6.14. The molecule has 7 nitrogen and oxygen atoms in total. The summed E-state index contributed by atoms with van der Waals surface area (Å²) in [5.41, 5.74) is -1.05. The molecule has 7 heteroatoms. The van der Waals surface area contributed by atoms with Crippen molar-refractivity contribution in [1.82, 2.24) is 15.1 Å². The highest BCUT2D eigenvalue weighted by Gasteiger charge is 2.41. The van der Waals surface area contributed by atoms with E-state index in [1.165, 1.54) is 11.8 Å². The van der Waals surface area contributed by atoms with Gasteiger partial charge in [0.2, 0.25) is 5.91 Å². The highest BCUT2D eigenvalue weighted by atomic mass is 16.4. The zero-order chi connectivity index (χ0) is 17.3. The lowest BCUT2D eigenvalue weighted by atomic mass is 9.92. The van der Waals surface area contributed by atoms with E-state index < -0.39 is 17.4 Å². The summed E-state index contributed by atoms with van der Waals surface area (Å²) < 4.78 is 0. The molecule has 1 heterocycles. The highest BCUT2D eigenvalue weighted by Crippen LogP contribution is 2.29. The fraction of sp³-hybridized carbons (Fsp3) is 0.471. The molecule has 2 aliphatic rings. The van der Waals surface area contributed by atoms with Crippen LogP contribution >= 0.6 is 0 Å². The van der Waals surface area contributed by atoms with Gasteiger partial charge in [0.15, 0.2) is 5.54 Å². The zero-order valence-electron chi connectivity index (χ0n) is 13.6. The lowest BCUT2D eigenvalue weighted by Crippen LogP contribution is -2.52. The van der Waals surface area contributed by atoms with Crippen LogP contribution < -0.4 is 5.32 Å². The van der Waals surface area contributed by atoms with Crippen LogP contribution in [0.4, 0.5) is 4.79 Å². The highest BCUT2D eigenvalue weighted by molar-refractivity contribution is 5.90. The van der Waals surface area contributed by atoms with E-state index >= 15 is 0 Å². The van der Waals surface area contributed by atoms with Gasteiger partial charge < -0.3 is 20.2 Å². The SMILES string of the molecule is CC(NC(=O)CN1CCN(C2CC2)C1=O)(C(=O)O)c1ccccc1. The molecule has 1 aliphatic heterocycles. The number of hydrogen-bond donors (Lipinski definition) is 2. The van der Waals surface area contributed by atoms with Crippen LogP contribution in [-0.4, -0.2) is 58.5 Å². The lowest BCUT2D eigenvalue weighted by Gasteiger charge is -2.28. The summed E-state index contributed by atoms with van der Waals surface area (Å²) in [6.45, 7) is 2.45. The number of nitrogens with zero attached hydrogens (tertiary/aromatic N) is 2. The van der Waals surface area contributed by atoms with Gasteiger partial charge in [0, 0.05) is 19.1 Å². The molecule has 2 fully saturated rings. The van der Waals surface area contributed by atoms with Gasteiger partial charge >= 0.3 is 12.0 Å². The molecule has 3 amide bonds. The summed E-state index contributed by atoms with van der Waals surface area (Å²) in [5.74, 6) is -1.62. The predicted molar refractivity (Wildman–Crippen MR) is 86.3 cm³/mol. The number of urea groups is 1. The van der Waals surface area contributed by atoms with Gasteiger partial charge in [-0.25, -0.2) is 9.59 Å². The van der Waals surface area contributed by atoms with E-state index in [1.54, 1.807) is 35.2 Å². The lowest BCUT2D eigenvalue weighted by molar-refractivity contribution is -0.147. The van der Waals surface area contributed by atoms with Crippen LogP contribution in [-0.2, 0) is 15.1 Å². The summed E-state index contributed by atoms with van der Waals surface area (Å²) >= 11 is 0. The van der Waals surface area contributed by atoms with Crippen molar-refractivity contribution in [3.63, 3.8) is 0 Å². The molecule has 24 heavy (non-hydrogen) atoms. The topological polar surface area (TPSA) is 90.0 Å². The van der Waals surface area contributed by atoms with E-state index in [9.17, 15) is 19.5 Å². The third-order valence-electron chi connectivity index (χ3n) is 4.62. The first kappa shape index (κ1) is 16.3. The molecule has 1 saturated carbocycles. The molecule has 2 N–H and O–H groups in total. The van der Waals surface area contributed by atoms with Crippen LogP contribution in [0.5, 0.6) is 0 Å². The smallest absolute Gasteiger partial charge is 0.333 e. The molecule has 0 bridgehead atoms. The molecule has 1 aromatic rings. The number of hydrogen-bond acceptors (Lipinski definition) is 3. The molecule has 0 radical (unpaired) electrons. The monoisotopic (exact) mass is 331 g/mol. The van der Waals surface area contributed by atoms with Gasteiger partial charge in [-0.15, -0.1) is 0 Å². The number of amides is 3. The Morgan fingerprint density at radius 3 is 2.50 bits per heavy atom. The molecular formula is C17H21N3O4. The molecule has 128 valence electrons. The molecule has 1 atom stereocenters. The van der Waals surface area contributed by atoms with Crippen LogP contribution in [0.3, 0.4) is 0 Å². The Morgan fingerprint density at radius 2 is 1.92 bits per heavy atom. The van der Waals surface area contributed by atoms with Gasteiger partial charge in [-0.2, -0.15) is 0 Å². The maximum atomic E-state index is 12.3. The number of benzene rings is 1. The number of carboxylic acids is 1. The predicted octanol–water partition coefficient (Wildman–Crippen LogP) is 1.00. The van der Waals surface area contributed by atoms with E-state index in [1.807, 2.05) is 0 Å². The van der Waals surface area contributed by atoms with Crippen LogP contribution in [0, 0.1) is 0 Å². The third-order valence-corrected chi connectivity index (χ3v) is 4.62. The average Bonchev–Trinajstić information content (AvgIpc) is 3.33. The maximum absolute atomic E-state index is 12.3. The van der Waals surface area contributed by atoms with Crippen molar-refractivity contribution in [2.24, 2.45) is 0 Å². The Bertz CT molecular complexity index is 659. The number of rotatable bonds is 6. The minimum atomic E-state index is -1.53. The normalized spacial score (nSPS) is 20.0. The summed E-state index contributed by atoms with van der Waals surface area (Å²) in [6.07, 6.45) is 2.05. The Kier molecular flexibility index (Phi) is 4.17. The van der Waals surface area contributed by atoms with Crippen molar-refractivity contribution in [1.29, 1.82) is 0 Å². The first-order valence-corrected chi connectivity index (χ1v) is 8.07. The first-order chi connectivity index (χ1) is 11.4. The Morgan fingerprint density at radius 1 is 1.25 bits per heavy atom. The fourth-order valence-electron chi connectivity index (χ4n) is 2.99. The third kappa shape index (κ3) is 3.06. The first-order valence-electron chi connectivity index (χ1n) is 8.07. The Hall–Kier alpha value is -2.57. The Labute approximate surface area is 140 Å². The van der Waals surface area contributed by atoms with Crippen LogP contribution in [0.15, 0.2) is 30.3 Å². The molecule has 0 aromatic heterocycles. The van der Waals surface area contributed by atoms with Crippen molar-refractivity contribution in [2.45, 2.75) is 31.3 Å². The van der Waals surface area contributed by atoms with Gasteiger partial charge in [-0.05, 0) is 25.3 Å². The molecule has 3 rings (SSSR count). The van der Waals surface area contributed by atoms with Gasteiger partial charge in [-0.3, -0.25) is 4.79 Å². The van der Waals surface area contributed by atoms with Gasteiger partial charge in [0.25, 0.3) is 0 Å². The van der Waals surface area contributed by atoms with E-state index in [0.717, 1.165) is 12.8 Å². The standard InChI is InChI=1S/C17H21N3O4/c1-17(15(22)23,12-5-3-2-4-6-12)18-14(21)11-19-9-10-20(16(19)24)13-7-8-13/h2-6,13H,7-11H2,1H3,(H,18,21)(H,22,23). The number of carbonyl (C=O) groups excluding carboxylic acids is 2. The molecule has 1 unspecified atom stereocenters. The molecular weight excluding hydrogens is 310 g/mol. The quantitative estimate of drug-likeness (QED) is 0.814. The van der Waals surface area contributed by atoms with Crippen LogP contribution in [0.1, 0.15) is 25.3 Å². The minimum absolute atomic E-state index is 0.127. The maximum Gasteiger partial charge on any atom is 0.333 e. The van der Waals surface area contributed by atoms with E-state index in [4.69, 9.17) is 0 Å². The summed E-state index contributed by atoms with van der Waals surface area (Å²) in [4.78, 5) is 39.6. The van der Waals surface area contributed by atoms with Gasteiger partial charge in [0.05, 0.1) is 0 Å². The zero-order valence-corrected chi connectivity index (χ0v) is 13.6. The Balaban J connectivity index is 1.66. The average molecular weight is 331 g/mol. The van der Waals surface area contributed by atoms with Crippen molar-refractivity contribution in [3.05, 3.63) is 35.9 Å². The molecule has 1 aromatic carbocycles. The number of aliphatic carboxylic acids is 1. The molecule has 0 spiro atoms. The van der Waals surface area contributed by atoms with E-state index in [-0.39, 0.29) is 12.6 Å². The van der Waals surface area contributed by atoms with Crippen molar-refractivity contribution in [3.8, 4) is 0 Å². The largest absolute Gasteiger partial charge is 0.479 e. The second-order valence-corrected chi connectivity index (χ2v) is 6.47. The summed E-state index contributed by atoms with van der Waals surface area (Å²) in [6, 6.07) is 8.72. The number of nitrogens with one attached hydrogen (secondary N) is 1. The van der Waals surface area contributed by atoms with Crippen molar-refractivity contribution < 1.29 is 19.5 Å². The van der Waals surface area contributed by atoms with Crippen molar-refractivity contribution >= 4 is 17.9 Å². The van der Waals surface area contributed by atoms with Gasteiger partial charge in [0.1, 0.15) is 6.54 Å². The van der Waals surface area contributed by atoms with Gasteiger partial charge in [-0.1, -0.05) is 30.3 Å². The molecule has 1 aliphatic carbocycles. The number of carbonyl (C=O) groups is 3. The minimum Gasteiger partial charge on any atom is -0.479 e. The van der Waals surface area contributed by atoms with Crippen LogP contribution in [0.25, 0.3) is 0 Å². The second-order valence-electron chi connectivity index (χ2n) is 6.47.